The highest BCUT2D eigenvalue weighted by Crippen LogP contribution is 2.13. The van der Waals surface area contributed by atoms with Gasteiger partial charge in [-0.2, -0.15) is 0 Å². The number of rotatable bonds is 44. The van der Waals surface area contributed by atoms with Gasteiger partial charge in [0.05, 0.1) is 0 Å². The molecule has 63 heavy (non-hydrogen) atoms. The smallest absolute Gasteiger partial charge is 0.306 e. The van der Waals surface area contributed by atoms with Gasteiger partial charge in [-0.1, -0.05) is 194 Å². The molecule has 0 radical (unpaired) electrons. The van der Waals surface area contributed by atoms with Crippen LogP contribution < -0.4 is 0 Å². The van der Waals surface area contributed by atoms with E-state index in [0.29, 0.717) is 19.3 Å². The maximum absolute atomic E-state index is 12.8. The molecular weight excluding hydrogens is 781 g/mol. The summed E-state index contributed by atoms with van der Waals surface area (Å²) in [4.78, 5) is 37.9. The van der Waals surface area contributed by atoms with Crippen molar-refractivity contribution in [2.24, 2.45) is 0 Å². The van der Waals surface area contributed by atoms with Crippen LogP contribution >= 0.6 is 0 Å². The minimum absolute atomic E-state index is 0.111. The van der Waals surface area contributed by atoms with Gasteiger partial charge in [0, 0.05) is 19.3 Å². The molecule has 356 valence electrons. The molecule has 0 aliphatic rings. The molecule has 0 spiro atoms. The van der Waals surface area contributed by atoms with E-state index >= 15 is 0 Å². The number of hydrogen-bond donors (Lipinski definition) is 0. The molecule has 0 saturated heterocycles. The lowest BCUT2D eigenvalue weighted by molar-refractivity contribution is -0.166. The van der Waals surface area contributed by atoms with E-state index < -0.39 is 6.10 Å². The van der Waals surface area contributed by atoms with Gasteiger partial charge in [0.25, 0.3) is 0 Å². The summed E-state index contributed by atoms with van der Waals surface area (Å²) in [6, 6.07) is 0. The van der Waals surface area contributed by atoms with Crippen molar-refractivity contribution in [1.82, 2.24) is 0 Å². The molecule has 0 bridgehead atoms. The minimum atomic E-state index is -0.817. The second kappa shape index (κ2) is 50.7. The third-order valence-corrected chi connectivity index (χ3v) is 10.3. The van der Waals surface area contributed by atoms with Crippen LogP contribution in [0.25, 0.3) is 0 Å². The molecule has 0 N–H and O–H groups in total. The first kappa shape index (κ1) is 59.1. The number of allylic oxidation sites excluding steroid dienone is 18. The van der Waals surface area contributed by atoms with E-state index in [-0.39, 0.29) is 37.5 Å². The van der Waals surface area contributed by atoms with Crippen molar-refractivity contribution in [2.45, 2.75) is 219 Å². The van der Waals surface area contributed by atoms with Crippen molar-refractivity contribution < 1.29 is 28.6 Å². The molecule has 0 amide bonds. The average Bonchev–Trinajstić information content (AvgIpc) is 3.28. The molecule has 1 unspecified atom stereocenters. The average molecular weight is 873 g/mol. The Balaban J connectivity index is 4.52. The zero-order chi connectivity index (χ0) is 45.8. The number of carbonyl (C=O) groups excluding carboxylic acids is 3. The second-order valence-electron chi connectivity index (χ2n) is 16.3. The van der Waals surface area contributed by atoms with Crippen molar-refractivity contribution >= 4 is 17.9 Å². The predicted molar refractivity (Wildman–Crippen MR) is 270 cm³/mol. The van der Waals surface area contributed by atoms with Gasteiger partial charge < -0.3 is 14.2 Å². The summed E-state index contributed by atoms with van der Waals surface area (Å²) in [7, 11) is 0. The summed E-state index contributed by atoms with van der Waals surface area (Å²) in [5.41, 5.74) is 0. The molecule has 6 heteroatoms. The summed E-state index contributed by atoms with van der Waals surface area (Å²) in [5.74, 6) is -1.02. The molecule has 6 nitrogen and oxygen atoms in total. The predicted octanol–water partition coefficient (Wildman–Crippen LogP) is 16.8. The summed E-state index contributed by atoms with van der Waals surface area (Å²) in [6.07, 6.45) is 68.0. The SMILES string of the molecule is CC/C=C\C/C=C\C/C=C\C/C=C\C/C=C\C/C=C\CCC(=O)OCC(COC(=O)CCCCCCC/C=C\CCCCC)OC(=O)CCCCCCCCC/C=C\C/C=C\CC. The van der Waals surface area contributed by atoms with Gasteiger partial charge in [0.1, 0.15) is 13.2 Å². The van der Waals surface area contributed by atoms with E-state index in [4.69, 9.17) is 14.2 Å². The van der Waals surface area contributed by atoms with Gasteiger partial charge in [-0.25, -0.2) is 0 Å². The first-order valence-electron chi connectivity index (χ1n) is 25.4. The van der Waals surface area contributed by atoms with Gasteiger partial charge in [-0.05, 0) is 109 Å². The lowest BCUT2D eigenvalue weighted by Gasteiger charge is -2.18. The number of carbonyl (C=O) groups is 3. The Kier molecular flexibility index (Phi) is 47.5. The second-order valence-corrected chi connectivity index (χ2v) is 16.3. The molecule has 0 aromatic carbocycles. The van der Waals surface area contributed by atoms with Crippen LogP contribution in [0.1, 0.15) is 213 Å². The van der Waals surface area contributed by atoms with E-state index in [0.717, 1.165) is 109 Å². The fraction of sp³-hybridized carbons (Fsp3) is 0.632. The third kappa shape index (κ3) is 49.0. The summed E-state index contributed by atoms with van der Waals surface area (Å²) >= 11 is 0. The molecule has 0 saturated carbocycles. The number of hydrogen-bond acceptors (Lipinski definition) is 6. The van der Waals surface area contributed by atoms with Gasteiger partial charge in [-0.3, -0.25) is 14.4 Å². The van der Waals surface area contributed by atoms with Crippen LogP contribution in [0.3, 0.4) is 0 Å². The minimum Gasteiger partial charge on any atom is -0.462 e. The Labute approximate surface area is 387 Å². The Morgan fingerprint density at radius 1 is 0.333 bits per heavy atom. The van der Waals surface area contributed by atoms with Crippen molar-refractivity contribution in [3.05, 3.63) is 109 Å². The monoisotopic (exact) mass is 873 g/mol. The Morgan fingerprint density at radius 3 is 1.08 bits per heavy atom. The first-order chi connectivity index (χ1) is 31.0. The summed E-state index contributed by atoms with van der Waals surface area (Å²) < 4.78 is 16.7. The van der Waals surface area contributed by atoms with Crippen LogP contribution in [0, 0.1) is 0 Å². The standard InChI is InChI=1S/C57H92O6/c1-4-7-10-13-16-19-22-25-27-28-29-30-31-33-35-38-41-44-47-50-56(59)62-53-54(52-61-55(58)49-46-43-40-37-34-24-21-18-15-12-9-6-3)63-57(60)51-48-45-42-39-36-32-26-23-20-17-14-11-8-5-2/h7-8,10-11,16-21,25,27,29-30,33,35,41,44,54H,4-6,9,12-15,22-24,26,28,31-32,34,36-40,42-43,45-53H2,1-3H3/b10-7-,11-8-,19-16-,20-17-,21-18-,27-25-,30-29-,35-33-,44-41-. The van der Waals surface area contributed by atoms with Crippen molar-refractivity contribution in [2.75, 3.05) is 13.2 Å². The highest BCUT2D eigenvalue weighted by molar-refractivity contribution is 5.71. The fourth-order valence-corrected chi connectivity index (χ4v) is 6.50. The van der Waals surface area contributed by atoms with Crippen LogP contribution in [0.5, 0.6) is 0 Å². The van der Waals surface area contributed by atoms with Gasteiger partial charge in [0.2, 0.25) is 0 Å². The molecule has 0 rings (SSSR count). The quantitative estimate of drug-likeness (QED) is 0.0263. The summed E-state index contributed by atoms with van der Waals surface area (Å²) in [6.45, 7) is 6.30. The van der Waals surface area contributed by atoms with Gasteiger partial charge >= 0.3 is 17.9 Å². The molecule has 0 aliphatic carbocycles. The van der Waals surface area contributed by atoms with E-state index in [2.05, 4.69) is 118 Å². The van der Waals surface area contributed by atoms with E-state index in [1.54, 1.807) is 0 Å². The fourth-order valence-electron chi connectivity index (χ4n) is 6.50. The number of ether oxygens (including phenoxy) is 3. The summed E-state index contributed by atoms with van der Waals surface area (Å²) in [5, 5.41) is 0. The molecule has 0 aliphatic heterocycles. The topological polar surface area (TPSA) is 78.9 Å². The number of unbranched alkanes of at least 4 members (excludes halogenated alkanes) is 15. The lowest BCUT2D eigenvalue weighted by atomic mass is 10.1. The Morgan fingerprint density at radius 2 is 0.651 bits per heavy atom. The normalized spacial score (nSPS) is 13.0. The van der Waals surface area contributed by atoms with Crippen molar-refractivity contribution in [3.63, 3.8) is 0 Å². The number of esters is 3. The molecule has 0 heterocycles. The zero-order valence-corrected chi connectivity index (χ0v) is 40.5. The van der Waals surface area contributed by atoms with Crippen LogP contribution in [0.2, 0.25) is 0 Å². The zero-order valence-electron chi connectivity index (χ0n) is 40.5. The van der Waals surface area contributed by atoms with Gasteiger partial charge in [-0.15, -0.1) is 0 Å². The highest BCUT2D eigenvalue weighted by Gasteiger charge is 2.19. The van der Waals surface area contributed by atoms with Crippen LogP contribution in [-0.4, -0.2) is 37.2 Å². The molecule has 1 atom stereocenters. The largest absolute Gasteiger partial charge is 0.462 e. The Hall–Kier alpha value is -3.93. The third-order valence-electron chi connectivity index (χ3n) is 10.3. The van der Waals surface area contributed by atoms with E-state index in [1.807, 2.05) is 12.2 Å². The lowest BCUT2D eigenvalue weighted by Crippen LogP contribution is -2.30. The van der Waals surface area contributed by atoms with Crippen LogP contribution in [-0.2, 0) is 28.6 Å². The van der Waals surface area contributed by atoms with Gasteiger partial charge in [0.15, 0.2) is 6.10 Å². The molecule has 0 aromatic rings. The maximum atomic E-state index is 12.8. The van der Waals surface area contributed by atoms with Crippen LogP contribution in [0.4, 0.5) is 0 Å². The van der Waals surface area contributed by atoms with E-state index in [9.17, 15) is 14.4 Å². The van der Waals surface area contributed by atoms with E-state index in [1.165, 1.54) is 57.8 Å². The maximum Gasteiger partial charge on any atom is 0.306 e. The molecular formula is C57H92O6. The van der Waals surface area contributed by atoms with Crippen molar-refractivity contribution in [3.8, 4) is 0 Å². The molecule has 0 aromatic heterocycles. The Bertz CT molecular complexity index is 1330. The van der Waals surface area contributed by atoms with Crippen LogP contribution in [0.15, 0.2) is 109 Å². The van der Waals surface area contributed by atoms with Crippen molar-refractivity contribution in [1.29, 1.82) is 0 Å². The first-order valence-corrected chi connectivity index (χ1v) is 25.4. The molecule has 0 fully saturated rings. The highest BCUT2D eigenvalue weighted by atomic mass is 16.6.